The number of rotatable bonds is 3. The second kappa shape index (κ2) is 7.98. The predicted molar refractivity (Wildman–Crippen MR) is 116 cm³/mol. The predicted octanol–water partition coefficient (Wildman–Crippen LogP) is 4.55. The van der Waals surface area contributed by atoms with E-state index in [0.717, 1.165) is 54.8 Å². The maximum Gasteiger partial charge on any atom is 0.417 e. The molecule has 4 aromatic rings. The molecule has 9 heteroatoms. The molecule has 0 radical (unpaired) electrons. The zero-order valence-electron chi connectivity index (χ0n) is 17.2. The molecule has 2 N–H and O–H groups in total. The van der Waals surface area contributed by atoms with Crippen molar-refractivity contribution < 1.29 is 13.2 Å². The monoisotopic (exact) mass is 438 g/mol. The smallest absolute Gasteiger partial charge is 0.383 e. The number of nitrogens with two attached hydrogens (primary N) is 1. The van der Waals surface area contributed by atoms with E-state index in [-0.39, 0.29) is 22.8 Å². The third-order valence-corrected chi connectivity index (χ3v) is 5.96. The lowest BCUT2D eigenvalue weighted by Crippen LogP contribution is -2.34. The second-order valence-electron chi connectivity index (χ2n) is 8.15. The minimum absolute atomic E-state index is 0.0125. The molecule has 1 atom stereocenters. The Labute approximate surface area is 182 Å². The minimum atomic E-state index is -4.57. The molecule has 1 aromatic carbocycles. The van der Waals surface area contributed by atoms with E-state index in [1.807, 2.05) is 18.2 Å². The van der Waals surface area contributed by atoms with E-state index in [0.29, 0.717) is 12.2 Å². The number of pyridine rings is 2. The van der Waals surface area contributed by atoms with Crippen LogP contribution >= 0.6 is 0 Å². The van der Waals surface area contributed by atoms with Gasteiger partial charge in [0.1, 0.15) is 12.1 Å². The summed E-state index contributed by atoms with van der Waals surface area (Å²) in [5, 5.41) is 0.836. The van der Waals surface area contributed by atoms with Crippen LogP contribution in [0.1, 0.15) is 35.6 Å². The van der Waals surface area contributed by atoms with Gasteiger partial charge in [-0.3, -0.25) is 9.88 Å². The number of hydrogen-bond donors (Lipinski definition) is 1. The van der Waals surface area contributed by atoms with Gasteiger partial charge in [-0.15, -0.1) is 0 Å². The number of likely N-dealkylation sites (tertiary alicyclic amines) is 1. The maximum absolute atomic E-state index is 13.8. The average Bonchev–Trinajstić information content (AvgIpc) is 2.78. The van der Waals surface area contributed by atoms with Crippen LogP contribution in [0.25, 0.3) is 21.9 Å². The van der Waals surface area contributed by atoms with Crippen molar-refractivity contribution in [2.45, 2.75) is 31.5 Å². The molecule has 0 unspecified atom stereocenters. The van der Waals surface area contributed by atoms with Gasteiger partial charge in [0.25, 0.3) is 0 Å². The van der Waals surface area contributed by atoms with Crippen LogP contribution in [0, 0.1) is 0 Å². The Kier molecular flexibility index (Phi) is 5.13. The molecule has 0 bridgehead atoms. The van der Waals surface area contributed by atoms with Gasteiger partial charge in [-0.25, -0.2) is 15.0 Å². The number of nitrogen functional groups attached to an aromatic ring is 1. The lowest BCUT2D eigenvalue weighted by atomic mass is 9.92. The van der Waals surface area contributed by atoms with Crippen LogP contribution < -0.4 is 5.73 Å². The Morgan fingerprint density at radius 2 is 1.97 bits per heavy atom. The van der Waals surface area contributed by atoms with E-state index in [2.05, 4.69) is 37.0 Å². The van der Waals surface area contributed by atoms with Gasteiger partial charge in [0.2, 0.25) is 0 Å². The maximum atomic E-state index is 13.8. The van der Waals surface area contributed by atoms with Gasteiger partial charge in [-0.05, 0) is 49.2 Å². The summed E-state index contributed by atoms with van der Waals surface area (Å²) in [6.07, 6.45) is 0.00144. The fraction of sp³-hybridized carbons (Fsp3) is 0.304. The van der Waals surface area contributed by atoms with E-state index in [1.54, 1.807) is 6.20 Å². The molecular weight excluding hydrogens is 417 g/mol. The van der Waals surface area contributed by atoms with Crippen LogP contribution in [0.4, 0.5) is 19.0 Å². The van der Waals surface area contributed by atoms with Crippen molar-refractivity contribution in [1.29, 1.82) is 0 Å². The van der Waals surface area contributed by atoms with Crippen molar-refractivity contribution in [3.8, 4) is 0 Å². The van der Waals surface area contributed by atoms with Gasteiger partial charge in [0.05, 0.1) is 16.5 Å². The molecule has 3 aromatic heterocycles. The Morgan fingerprint density at radius 1 is 1.09 bits per heavy atom. The third-order valence-electron chi connectivity index (χ3n) is 5.96. The molecule has 4 heterocycles. The highest BCUT2D eigenvalue weighted by Gasteiger charge is 2.36. The summed E-state index contributed by atoms with van der Waals surface area (Å²) in [5.41, 5.74) is 7.37. The minimum Gasteiger partial charge on any atom is -0.383 e. The average molecular weight is 438 g/mol. The highest BCUT2D eigenvalue weighted by atomic mass is 19.4. The van der Waals surface area contributed by atoms with Gasteiger partial charge in [-0.1, -0.05) is 12.1 Å². The number of alkyl halides is 3. The Morgan fingerprint density at radius 3 is 2.81 bits per heavy atom. The molecule has 0 spiro atoms. The van der Waals surface area contributed by atoms with Gasteiger partial charge >= 0.3 is 6.18 Å². The molecule has 0 saturated carbocycles. The Hall–Kier alpha value is -3.33. The summed E-state index contributed by atoms with van der Waals surface area (Å²) in [7, 11) is 0. The first-order valence-electron chi connectivity index (χ1n) is 10.4. The first kappa shape index (κ1) is 20.6. The number of anilines is 1. The first-order chi connectivity index (χ1) is 15.4. The first-order valence-corrected chi connectivity index (χ1v) is 10.4. The van der Waals surface area contributed by atoms with Crippen LogP contribution in [-0.2, 0) is 12.7 Å². The van der Waals surface area contributed by atoms with Gasteiger partial charge < -0.3 is 5.73 Å². The fourth-order valence-electron chi connectivity index (χ4n) is 4.46. The van der Waals surface area contributed by atoms with Crippen molar-refractivity contribution in [2.24, 2.45) is 0 Å². The summed E-state index contributed by atoms with van der Waals surface area (Å²) in [5.74, 6) is -0.329. The summed E-state index contributed by atoms with van der Waals surface area (Å²) in [6.45, 7) is 2.23. The number of nitrogens with zero attached hydrogens (tertiary/aromatic N) is 5. The summed E-state index contributed by atoms with van der Waals surface area (Å²) in [6, 6.07) is 11.2. The third kappa shape index (κ3) is 3.95. The molecule has 1 aliphatic rings. The number of halogens is 3. The number of benzene rings is 1. The van der Waals surface area contributed by atoms with Crippen LogP contribution in [0.2, 0.25) is 0 Å². The summed E-state index contributed by atoms with van der Waals surface area (Å²) in [4.78, 5) is 18.7. The largest absolute Gasteiger partial charge is 0.417 e. The Bertz CT molecular complexity index is 1290. The SMILES string of the molecule is Nc1ncnc2nc([C@H]3CCCN(Cc4ccc5ncccc5c4)C3)cc(C(F)(F)F)c12. The van der Waals surface area contributed by atoms with E-state index >= 15 is 0 Å². The molecule has 164 valence electrons. The fourth-order valence-corrected chi connectivity index (χ4v) is 4.46. The van der Waals surface area contributed by atoms with Crippen molar-refractivity contribution in [3.05, 3.63) is 65.7 Å². The standard InChI is InChI=1S/C23H21F3N6/c24-23(25,26)17-10-19(31-22-20(17)21(27)29-13-30-22)16-4-2-8-32(12-16)11-14-5-6-18-15(9-14)3-1-7-28-18/h1,3,5-7,9-10,13,16H,2,4,8,11-12H2,(H2,27,29,30,31)/t16-/m0/s1. The van der Waals surface area contributed by atoms with Gasteiger partial charge in [0.15, 0.2) is 5.65 Å². The molecule has 1 aliphatic heterocycles. The highest BCUT2D eigenvalue weighted by molar-refractivity contribution is 5.89. The molecular formula is C23H21F3N6. The molecule has 0 aliphatic carbocycles. The molecule has 0 amide bonds. The van der Waals surface area contributed by atoms with Crippen molar-refractivity contribution in [1.82, 2.24) is 24.8 Å². The molecule has 32 heavy (non-hydrogen) atoms. The quantitative estimate of drug-likeness (QED) is 0.505. The zero-order chi connectivity index (χ0) is 22.3. The van der Waals surface area contributed by atoms with Crippen LogP contribution in [0.5, 0.6) is 0 Å². The van der Waals surface area contributed by atoms with E-state index in [1.165, 1.54) is 0 Å². The number of aromatic nitrogens is 4. The number of fused-ring (bicyclic) bond motifs is 2. The molecule has 1 saturated heterocycles. The molecule has 1 fully saturated rings. The van der Waals surface area contributed by atoms with Crippen molar-refractivity contribution in [2.75, 3.05) is 18.8 Å². The summed E-state index contributed by atoms with van der Waals surface area (Å²) < 4.78 is 41.3. The highest BCUT2D eigenvalue weighted by Crippen LogP contribution is 2.38. The lowest BCUT2D eigenvalue weighted by molar-refractivity contribution is -0.136. The van der Waals surface area contributed by atoms with Gasteiger partial charge in [-0.2, -0.15) is 13.2 Å². The van der Waals surface area contributed by atoms with E-state index in [9.17, 15) is 13.2 Å². The van der Waals surface area contributed by atoms with Crippen LogP contribution in [0.15, 0.2) is 48.9 Å². The number of piperidine rings is 1. The van der Waals surface area contributed by atoms with Crippen molar-refractivity contribution in [3.63, 3.8) is 0 Å². The normalized spacial score (nSPS) is 17.8. The number of hydrogen-bond acceptors (Lipinski definition) is 6. The molecule has 5 rings (SSSR count). The summed E-state index contributed by atoms with van der Waals surface area (Å²) >= 11 is 0. The Balaban J connectivity index is 1.43. The second-order valence-corrected chi connectivity index (χ2v) is 8.15. The van der Waals surface area contributed by atoms with E-state index in [4.69, 9.17) is 5.73 Å². The topological polar surface area (TPSA) is 80.8 Å². The van der Waals surface area contributed by atoms with Crippen LogP contribution in [-0.4, -0.2) is 37.9 Å². The van der Waals surface area contributed by atoms with Crippen LogP contribution in [0.3, 0.4) is 0 Å². The van der Waals surface area contributed by atoms with E-state index < -0.39 is 11.7 Å². The molecule has 6 nitrogen and oxygen atoms in total. The lowest BCUT2D eigenvalue weighted by Gasteiger charge is -2.33. The van der Waals surface area contributed by atoms with Crippen molar-refractivity contribution >= 4 is 27.8 Å². The zero-order valence-corrected chi connectivity index (χ0v) is 17.2. The van der Waals surface area contributed by atoms with Gasteiger partial charge in [0, 0.05) is 36.3 Å².